The average molecular weight is 332 g/mol. The highest BCUT2D eigenvalue weighted by atomic mass is 32.2. The van der Waals surface area contributed by atoms with Crippen LogP contribution in [0.3, 0.4) is 0 Å². The van der Waals surface area contributed by atoms with E-state index in [0.717, 1.165) is 6.07 Å². The lowest BCUT2D eigenvalue weighted by Gasteiger charge is -2.17. The van der Waals surface area contributed by atoms with E-state index in [9.17, 15) is 12.8 Å². The number of aliphatic hydroxyl groups excluding tert-OH is 1. The van der Waals surface area contributed by atoms with Crippen LogP contribution in [-0.4, -0.2) is 42.5 Å². The van der Waals surface area contributed by atoms with Crippen LogP contribution in [0.4, 0.5) is 4.39 Å². The van der Waals surface area contributed by atoms with E-state index in [1.165, 1.54) is 16.4 Å². The minimum Gasteiger partial charge on any atom is -0.396 e. The van der Waals surface area contributed by atoms with Crippen LogP contribution < -0.4 is 5.73 Å². The molecule has 0 aromatic heterocycles. The van der Waals surface area contributed by atoms with E-state index < -0.39 is 15.8 Å². The lowest BCUT2D eigenvalue weighted by atomic mass is 10.1. The molecule has 1 unspecified atom stereocenters. The Morgan fingerprint density at radius 1 is 1.52 bits per heavy atom. The van der Waals surface area contributed by atoms with Gasteiger partial charge in [0, 0.05) is 25.3 Å². The third kappa shape index (κ3) is 3.39. The zero-order chi connectivity index (χ0) is 15.6. The van der Waals surface area contributed by atoms with Crippen LogP contribution in [-0.2, 0) is 10.0 Å². The fourth-order valence-electron chi connectivity index (χ4n) is 2.44. The Hall–Kier alpha value is -1.09. The van der Waals surface area contributed by atoms with Crippen LogP contribution in [0.15, 0.2) is 23.1 Å². The lowest BCUT2D eigenvalue weighted by molar-refractivity contribution is 0.259. The third-order valence-electron chi connectivity index (χ3n) is 3.63. The number of nitrogens with zero attached hydrogens (tertiary/aromatic N) is 1. The predicted octanol–water partition coefficient (Wildman–Crippen LogP) is 0.853. The van der Waals surface area contributed by atoms with Gasteiger partial charge in [0.15, 0.2) is 0 Å². The Morgan fingerprint density at radius 3 is 2.86 bits per heavy atom. The molecule has 3 N–H and O–H groups in total. The molecule has 1 fully saturated rings. The number of nitrogens with two attached hydrogens (primary N) is 1. The SMILES string of the molecule is NC(=S)c1cc(S(=O)(=O)N2CCC(CCO)C2)ccc1F. The number of rotatable bonds is 5. The second-order valence-electron chi connectivity index (χ2n) is 5.04. The number of hydrogen-bond acceptors (Lipinski definition) is 4. The molecule has 1 heterocycles. The van der Waals surface area contributed by atoms with Crippen LogP contribution in [0.2, 0.25) is 0 Å². The third-order valence-corrected chi connectivity index (χ3v) is 5.71. The van der Waals surface area contributed by atoms with Crippen molar-refractivity contribution in [1.82, 2.24) is 4.31 Å². The van der Waals surface area contributed by atoms with Crippen molar-refractivity contribution < 1.29 is 17.9 Å². The largest absolute Gasteiger partial charge is 0.396 e. The van der Waals surface area contributed by atoms with E-state index in [0.29, 0.717) is 25.9 Å². The van der Waals surface area contributed by atoms with Gasteiger partial charge in [0.05, 0.1) is 4.90 Å². The number of aliphatic hydroxyl groups is 1. The molecule has 1 aromatic carbocycles. The first-order chi connectivity index (χ1) is 9.86. The second kappa shape index (κ2) is 6.35. The summed E-state index contributed by atoms with van der Waals surface area (Å²) in [6.07, 6.45) is 1.29. The summed E-state index contributed by atoms with van der Waals surface area (Å²) < 4.78 is 40.0. The highest BCUT2D eigenvalue weighted by molar-refractivity contribution is 7.89. The van der Waals surface area contributed by atoms with Crippen molar-refractivity contribution in [1.29, 1.82) is 0 Å². The Morgan fingerprint density at radius 2 is 2.24 bits per heavy atom. The van der Waals surface area contributed by atoms with Crippen molar-refractivity contribution >= 4 is 27.2 Å². The molecule has 5 nitrogen and oxygen atoms in total. The lowest BCUT2D eigenvalue weighted by Crippen LogP contribution is -2.29. The molecule has 1 aliphatic heterocycles. The van der Waals surface area contributed by atoms with Gasteiger partial charge < -0.3 is 10.8 Å². The topological polar surface area (TPSA) is 83.6 Å². The van der Waals surface area contributed by atoms with Gasteiger partial charge in [-0.1, -0.05) is 12.2 Å². The van der Waals surface area contributed by atoms with Crippen molar-refractivity contribution in [3.05, 3.63) is 29.6 Å². The van der Waals surface area contributed by atoms with Gasteiger partial charge in [0.2, 0.25) is 10.0 Å². The highest BCUT2D eigenvalue weighted by Gasteiger charge is 2.32. The van der Waals surface area contributed by atoms with Gasteiger partial charge in [-0.25, -0.2) is 12.8 Å². The monoisotopic (exact) mass is 332 g/mol. The smallest absolute Gasteiger partial charge is 0.243 e. The van der Waals surface area contributed by atoms with Crippen LogP contribution in [0.5, 0.6) is 0 Å². The molecular formula is C13H17FN2O3S2. The molecule has 8 heteroatoms. The fourth-order valence-corrected chi connectivity index (χ4v) is 4.15. The molecule has 0 amide bonds. The van der Waals surface area contributed by atoms with Gasteiger partial charge >= 0.3 is 0 Å². The number of sulfonamides is 1. The zero-order valence-corrected chi connectivity index (χ0v) is 13.0. The number of benzene rings is 1. The molecule has 0 spiro atoms. The summed E-state index contributed by atoms with van der Waals surface area (Å²) in [4.78, 5) is -0.194. The van der Waals surface area contributed by atoms with Gasteiger partial charge in [-0.2, -0.15) is 4.31 Å². The van der Waals surface area contributed by atoms with Gasteiger partial charge in [0.1, 0.15) is 10.8 Å². The van der Waals surface area contributed by atoms with Crippen molar-refractivity contribution in [2.45, 2.75) is 17.7 Å². The van der Waals surface area contributed by atoms with Crippen molar-refractivity contribution in [3.8, 4) is 0 Å². The Kier molecular flexibility index (Phi) is 4.92. The molecule has 0 aliphatic carbocycles. The Balaban J connectivity index is 2.28. The van der Waals surface area contributed by atoms with E-state index in [-0.39, 0.29) is 28.0 Å². The normalized spacial score (nSPS) is 19.8. The fraction of sp³-hybridized carbons (Fsp3) is 0.462. The van der Waals surface area contributed by atoms with E-state index in [4.69, 9.17) is 23.1 Å². The Labute approximate surface area is 128 Å². The van der Waals surface area contributed by atoms with Gasteiger partial charge in [-0.3, -0.25) is 0 Å². The van der Waals surface area contributed by atoms with Crippen LogP contribution in [0, 0.1) is 11.7 Å². The first kappa shape index (κ1) is 16.3. The van der Waals surface area contributed by atoms with Crippen molar-refractivity contribution in [2.24, 2.45) is 11.7 Å². The van der Waals surface area contributed by atoms with Gasteiger partial charge in [0.25, 0.3) is 0 Å². The number of halogens is 1. The molecule has 0 radical (unpaired) electrons. The van der Waals surface area contributed by atoms with Crippen molar-refractivity contribution in [3.63, 3.8) is 0 Å². The quantitative estimate of drug-likeness (QED) is 0.781. The summed E-state index contributed by atoms with van der Waals surface area (Å²) in [5.41, 5.74) is 5.32. The van der Waals surface area contributed by atoms with Crippen LogP contribution in [0.1, 0.15) is 18.4 Å². The molecule has 21 heavy (non-hydrogen) atoms. The van der Waals surface area contributed by atoms with E-state index in [1.807, 2.05) is 0 Å². The molecule has 0 bridgehead atoms. The van der Waals surface area contributed by atoms with Crippen LogP contribution in [0.25, 0.3) is 0 Å². The summed E-state index contributed by atoms with van der Waals surface area (Å²) in [6, 6.07) is 3.45. The molecule has 1 aromatic rings. The maximum Gasteiger partial charge on any atom is 0.243 e. The summed E-state index contributed by atoms with van der Waals surface area (Å²) in [6.45, 7) is 0.802. The summed E-state index contributed by atoms with van der Waals surface area (Å²) in [5.74, 6) is -0.485. The summed E-state index contributed by atoms with van der Waals surface area (Å²) >= 11 is 4.72. The molecule has 2 rings (SSSR count). The molecule has 1 aliphatic rings. The molecule has 1 saturated heterocycles. The minimum absolute atomic E-state index is 0.0173. The van der Waals surface area contributed by atoms with Crippen LogP contribution >= 0.6 is 12.2 Å². The molecule has 0 saturated carbocycles. The summed E-state index contributed by atoms with van der Waals surface area (Å²) in [5, 5.41) is 8.92. The van der Waals surface area contributed by atoms with Gasteiger partial charge in [-0.05, 0) is 37.0 Å². The molecule has 116 valence electrons. The Bertz CT molecular complexity index is 649. The first-order valence-electron chi connectivity index (χ1n) is 6.56. The first-order valence-corrected chi connectivity index (χ1v) is 8.41. The number of thiocarbonyl (C=S) groups is 1. The number of hydrogen-bond donors (Lipinski definition) is 2. The standard InChI is InChI=1S/C13H17FN2O3S2/c14-12-2-1-10(7-11(12)13(15)20)21(18,19)16-5-3-9(8-16)4-6-17/h1-2,7,9,17H,3-6,8H2,(H2,15,20). The average Bonchev–Trinajstić information content (AvgIpc) is 2.88. The maximum absolute atomic E-state index is 13.5. The molecule has 1 atom stereocenters. The minimum atomic E-state index is -3.69. The summed E-state index contributed by atoms with van der Waals surface area (Å²) in [7, 11) is -3.69. The van der Waals surface area contributed by atoms with E-state index in [2.05, 4.69) is 0 Å². The van der Waals surface area contributed by atoms with E-state index >= 15 is 0 Å². The van der Waals surface area contributed by atoms with Crippen molar-refractivity contribution in [2.75, 3.05) is 19.7 Å². The van der Waals surface area contributed by atoms with E-state index in [1.54, 1.807) is 0 Å². The predicted molar refractivity (Wildman–Crippen MR) is 80.9 cm³/mol. The zero-order valence-electron chi connectivity index (χ0n) is 11.3. The van der Waals surface area contributed by atoms with Gasteiger partial charge in [-0.15, -0.1) is 0 Å². The maximum atomic E-state index is 13.5. The molecular weight excluding hydrogens is 315 g/mol. The second-order valence-corrected chi connectivity index (χ2v) is 7.41. The highest BCUT2D eigenvalue weighted by Crippen LogP contribution is 2.26.